The van der Waals surface area contributed by atoms with Crippen molar-refractivity contribution in [3.8, 4) is 11.5 Å². The van der Waals surface area contributed by atoms with Crippen molar-refractivity contribution in [1.82, 2.24) is 14.7 Å². The minimum absolute atomic E-state index is 0.443. The van der Waals surface area contributed by atoms with E-state index in [1.807, 2.05) is 47.4 Å². The molecule has 0 atom stereocenters. The topological polar surface area (TPSA) is 47.8 Å². The van der Waals surface area contributed by atoms with Crippen LogP contribution in [0, 0.1) is 0 Å². The van der Waals surface area contributed by atoms with Crippen LogP contribution in [0.4, 0.5) is 0 Å². The van der Waals surface area contributed by atoms with Crippen molar-refractivity contribution < 1.29 is 9.47 Å². The van der Waals surface area contributed by atoms with E-state index < -0.39 is 0 Å². The van der Waals surface area contributed by atoms with Crippen LogP contribution >= 0.6 is 11.3 Å². The second-order valence-corrected chi connectivity index (χ2v) is 5.49. The summed E-state index contributed by atoms with van der Waals surface area (Å²) in [4.78, 5) is 5.50. The molecule has 5 nitrogen and oxygen atoms in total. The van der Waals surface area contributed by atoms with Crippen molar-refractivity contribution in [1.29, 1.82) is 0 Å². The van der Waals surface area contributed by atoms with Crippen molar-refractivity contribution in [2.24, 2.45) is 0 Å². The summed E-state index contributed by atoms with van der Waals surface area (Å²) >= 11 is 1.61. The third-order valence-electron chi connectivity index (χ3n) is 3.16. The highest BCUT2D eigenvalue weighted by Gasteiger charge is 2.08. The van der Waals surface area contributed by atoms with Crippen LogP contribution < -0.4 is 14.8 Å². The number of thiazole rings is 1. The normalized spacial score (nSPS) is 11.0. The third kappa shape index (κ3) is 3.01. The number of rotatable bonds is 6. The molecule has 0 unspecified atom stereocenters. The predicted molar refractivity (Wildman–Crippen MR) is 83.2 cm³/mol. The molecule has 0 bridgehead atoms. The van der Waals surface area contributed by atoms with Gasteiger partial charge in [-0.3, -0.25) is 4.40 Å². The minimum atomic E-state index is 0.443. The highest BCUT2D eigenvalue weighted by Crippen LogP contribution is 2.25. The molecule has 0 fully saturated rings. The Balaban J connectivity index is 1.77. The van der Waals surface area contributed by atoms with Gasteiger partial charge in [0.15, 0.2) is 4.96 Å². The molecule has 0 radical (unpaired) electrons. The zero-order chi connectivity index (χ0) is 14.7. The first kappa shape index (κ1) is 13.9. The Hall–Kier alpha value is -2.05. The van der Waals surface area contributed by atoms with E-state index in [0.29, 0.717) is 6.61 Å². The lowest BCUT2D eigenvalue weighted by Crippen LogP contribution is -2.08. The Morgan fingerprint density at radius 1 is 1.38 bits per heavy atom. The molecule has 0 amide bonds. The van der Waals surface area contributed by atoms with Crippen LogP contribution in [0.5, 0.6) is 11.5 Å². The monoisotopic (exact) mass is 303 g/mol. The van der Waals surface area contributed by atoms with Gasteiger partial charge in [0.2, 0.25) is 0 Å². The fraction of sp³-hybridized carbons (Fsp3) is 0.267. The lowest BCUT2D eigenvalue weighted by atomic mass is 10.2. The van der Waals surface area contributed by atoms with E-state index in [-0.39, 0.29) is 0 Å². The number of ether oxygens (including phenoxy) is 2. The number of hydrogen-bond donors (Lipinski definition) is 1. The van der Waals surface area contributed by atoms with Crippen LogP contribution in [-0.2, 0) is 13.2 Å². The molecule has 2 heterocycles. The molecule has 21 heavy (non-hydrogen) atoms. The standard InChI is InChI=1S/C15H17N3O2S/c1-16-8-11-3-4-13(19-2)7-14(11)20-10-12-9-18-5-6-21-15(18)17-12/h3-7,9,16H,8,10H2,1-2H3. The molecule has 0 spiro atoms. The number of nitrogens with one attached hydrogen (secondary N) is 1. The molecule has 3 aromatic rings. The second kappa shape index (κ2) is 6.15. The van der Waals surface area contributed by atoms with Gasteiger partial charge in [0.05, 0.1) is 12.8 Å². The van der Waals surface area contributed by atoms with Gasteiger partial charge in [0.1, 0.15) is 18.1 Å². The molecular weight excluding hydrogens is 286 g/mol. The smallest absolute Gasteiger partial charge is 0.193 e. The largest absolute Gasteiger partial charge is 0.497 e. The van der Waals surface area contributed by atoms with Crippen LogP contribution in [0.1, 0.15) is 11.3 Å². The molecule has 0 aliphatic rings. The van der Waals surface area contributed by atoms with E-state index in [1.54, 1.807) is 18.4 Å². The van der Waals surface area contributed by atoms with Gasteiger partial charge in [-0.25, -0.2) is 4.98 Å². The first-order valence-corrected chi connectivity index (χ1v) is 7.53. The number of methoxy groups -OCH3 is 1. The summed E-state index contributed by atoms with van der Waals surface area (Å²) < 4.78 is 13.2. The Morgan fingerprint density at radius 3 is 3.05 bits per heavy atom. The number of benzene rings is 1. The number of aromatic nitrogens is 2. The van der Waals surface area contributed by atoms with Gasteiger partial charge in [0, 0.05) is 35.9 Å². The summed E-state index contributed by atoms with van der Waals surface area (Å²) in [5, 5.41) is 5.15. The van der Waals surface area contributed by atoms with Crippen molar-refractivity contribution in [2.45, 2.75) is 13.2 Å². The summed E-state index contributed by atoms with van der Waals surface area (Å²) in [5.41, 5.74) is 2.01. The highest BCUT2D eigenvalue weighted by atomic mass is 32.1. The average molecular weight is 303 g/mol. The summed E-state index contributed by atoms with van der Waals surface area (Å²) in [5.74, 6) is 1.61. The number of fused-ring (bicyclic) bond motifs is 1. The summed E-state index contributed by atoms with van der Waals surface area (Å²) in [6.07, 6.45) is 3.98. The molecule has 1 N–H and O–H groups in total. The minimum Gasteiger partial charge on any atom is -0.497 e. The number of hydrogen-bond acceptors (Lipinski definition) is 5. The van der Waals surface area contributed by atoms with Crippen LogP contribution in [0.2, 0.25) is 0 Å². The fourth-order valence-electron chi connectivity index (χ4n) is 2.13. The Kier molecular flexibility index (Phi) is 4.08. The quantitative estimate of drug-likeness (QED) is 0.760. The molecule has 2 aromatic heterocycles. The van der Waals surface area contributed by atoms with Crippen molar-refractivity contribution in [2.75, 3.05) is 14.2 Å². The van der Waals surface area contributed by atoms with Gasteiger partial charge in [-0.1, -0.05) is 6.07 Å². The van der Waals surface area contributed by atoms with Gasteiger partial charge in [-0.05, 0) is 13.1 Å². The SMILES string of the molecule is CNCc1ccc(OC)cc1OCc1cn2ccsc2n1. The first-order valence-electron chi connectivity index (χ1n) is 6.65. The van der Waals surface area contributed by atoms with Gasteiger partial charge in [-0.15, -0.1) is 11.3 Å². The van der Waals surface area contributed by atoms with E-state index in [4.69, 9.17) is 9.47 Å². The van der Waals surface area contributed by atoms with E-state index in [9.17, 15) is 0 Å². The van der Waals surface area contributed by atoms with E-state index in [0.717, 1.165) is 34.3 Å². The van der Waals surface area contributed by atoms with Crippen LogP contribution in [0.25, 0.3) is 4.96 Å². The zero-order valence-corrected chi connectivity index (χ0v) is 12.8. The van der Waals surface area contributed by atoms with Crippen LogP contribution in [0.15, 0.2) is 36.0 Å². The van der Waals surface area contributed by atoms with E-state index >= 15 is 0 Å². The van der Waals surface area contributed by atoms with Crippen LogP contribution in [0.3, 0.4) is 0 Å². The lowest BCUT2D eigenvalue weighted by molar-refractivity contribution is 0.296. The van der Waals surface area contributed by atoms with Crippen LogP contribution in [-0.4, -0.2) is 23.5 Å². The molecule has 3 rings (SSSR count). The molecule has 0 saturated heterocycles. The molecular formula is C15H17N3O2S. The Morgan fingerprint density at radius 2 is 2.29 bits per heavy atom. The maximum atomic E-state index is 5.93. The van der Waals surface area contributed by atoms with Crippen molar-refractivity contribution in [3.63, 3.8) is 0 Å². The number of nitrogens with zero attached hydrogens (tertiary/aromatic N) is 2. The zero-order valence-electron chi connectivity index (χ0n) is 12.0. The maximum Gasteiger partial charge on any atom is 0.193 e. The Bertz CT molecular complexity index is 707. The molecule has 0 aliphatic carbocycles. The summed E-state index contributed by atoms with van der Waals surface area (Å²) in [6, 6.07) is 5.85. The maximum absolute atomic E-state index is 5.93. The molecule has 6 heteroatoms. The van der Waals surface area contributed by atoms with Crippen molar-refractivity contribution >= 4 is 16.3 Å². The summed E-state index contributed by atoms with van der Waals surface area (Å²) in [7, 11) is 3.57. The Labute approximate surface area is 127 Å². The van der Waals surface area contributed by atoms with E-state index in [2.05, 4.69) is 10.3 Å². The van der Waals surface area contributed by atoms with Gasteiger partial charge < -0.3 is 14.8 Å². The lowest BCUT2D eigenvalue weighted by Gasteiger charge is -2.12. The molecule has 110 valence electrons. The average Bonchev–Trinajstić information content (AvgIpc) is 3.07. The van der Waals surface area contributed by atoms with Gasteiger partial charge in [-0.2, -0.15) is 0 Å². The van der Waals surface area contributed by atoms with Crippen molar-refractivity contribution in [3.05, 3.63) is 47.2 Å². The third-order valence-corrected chi connectivity index (χ3v) is 3.93. The number of imidazole rings is 1. The second-order valence-electron chi connectivity index (χ2n) is 4.62. The fourth-order valence-corrected chi connectivity index (χ4v) is 2.85. The predicted octanol–water partition coefficient (Wildman–Crippen LogP) is 2.70. The van der Waals surface area contributed by atoms with Gasteiger partial charge >= 0.3 is 0 Å². The molecule has 1 aromatic carbocycles. The summed E-state index contributed by atoms with van der Waals surface area (Å²) in [6.45, 7) is 1.19. The molecule has 0 saturated carbocycles. The van der Waals surface area contributed by atoms with Gasteiger partial charge in [0.25, 0.3) is 0 Å². The highest BCUT2D eigenvalue weighted by molar-refractivity contribution is 7.15. The molecule has 0 aliphatic heterocycles. The first-order chi connectivity index (χ1) is 10.3. The van der Waals surface area contributed by atoms with E-state index in [1.165, 1.54) is 0 Å².